The van der Waals surface area contributed by atoms with Gasteiger partial charge in [0.05, 0.1) is 12.5 Å². The number of rotatable bonds is 4. The SMILES string of the molecule is CCC(C)(Cc1ccc(O)c(O)c1)C(=O)OC. The summed E-state index contributed by atoms with van der Waals surface area (Å²) >= 11 is 0. The zero-order valence-corrected chi connectivity index (χ0v) is 10.4. The second-order valence-electron chi connectivity index (χ2n) is 4.41. The molecule has 0 aliphatic rings. The van der Waals surface area contributed by atoms with Crippen molar-refractivity contribution in [2.75, 3.05) is 7.11 Å². The zero-order valence-electron chi connectivity index (χ0n) is 10.4. The third-order valence-electron chi connectivity index (χ3n) is 3.09. The minimum atomic E-state index is -0.613. The molecule has 0 amide bonds. The minimum Gasteiger partial charge on any atom is -0.504 e. The fourth-order valence-corrected chi connectivity index (χ4v) is 1.72. The van der Waals surface area contributed by atoms with Crippen molar-refractivity contribution in [1.82, 2.24) is 0 Å². The summed E-state index contributed by atoms with van der Waals surface area (Å²) in [6.07, 6.45) is 1.10. The van der Waals surface area contributed by atoms with Crippen LogP contribution in [0.25, 0.3) is 0 Å². The zero-order chi connectivity index (χ0) is 13.1. The second-order valence-corrected chi connectivity index (χ2v) is 4.41. The van der Waals surface area contributed by atoms with E-state index in [0.29, 0.717) is 12.8 Å². The van der Waals surface area contributed by atoms with Crippen LogP contribution in [0.15, 0.2) is 18.2 Å². The van der Waals surface area contributed by atoms with Crippen LogP contribution in [0.5, 0.6) is 11.5 Å². The average molecular weight is 238 g/mol. The van der Waals surface area contributed by atoms with Crippen LogP contribution in [0.4, 0.5) is 0 Å². The number of phenolic OH excluding ortho intramolecular Hbond substituents is 2. The van der Waals surface area contributed by atoms with Gasteiger partial charge in [-0.05, 0) is 37.5 Å². The van der Waals surface area contributed by atoms with E-state index in [2.05, 4.69) is 0 Å². The smallest absolute Gasteiger partial charge is 0.311 e. The average Bonchev–Trinajstić information content (AvgIpc) is 2.32. The van der Waals surface area contributed by atoms with Gasteiger partial charge in [0.2, 0.25) is 0 Å². The molecule has 1 rings (SSSR count). The third-order valence-corrected chi connectivity index (χ3v) is 3.09. The number of hydrogen-bond donors (Lipinski definition) is 2. The molecule has 4 nitrogen and oxygen atoms in total. The molecule has 0 saturated carbocycles. The van der Waals surface area contributed by atoms with Gasteiger partial charge >= 0.3 is 5.97 Å². The Balaban J connectivity index is 2.95. The predicted molar refractivity (Wildman–Crippen MR) is 63.9 cm³/mol. The van der Waals surface area contributed by atoms with Crippen LogP contribution >= 0.6 is 0 Å². The van der Waals surface area contributed by atoms with Crippen molar-refractivity contribution in [2.45, 2.75) is 26.7 Å². The Morgan fingerprint density at radius 3 is 2.47 bits per heavy atom. The maximum Gasteiger partial charge on any atom is 0.311 e. The van der Waals surface area contributed by atoms with Gasteiger partial charge in [0.15, 0.2) is 11.5 Å². The minimum absolute atomic E-state index is 0.162. The number of aromatic hydroxyl groups is 2. The third kappa shape index (κ3) is 2.90. The van der Waals surface area contributed by atoms with Gasteiger partial charge in [-0.15, -0.1) is 0 Å². The summed E-state index contributed by atoms with van der Waals surface area (Å²) in [6.45, 7) is 3.74. The van der Waals surface area contributed by atoms with Crippen molar-refractivity contribution in [3.63, 3.8) is 0 Å². The summed E-state index contributed by atoms with van der Waals surface area (Å²) in [5, 5.41) is 18.6. The molecule has 0 spiro atoms. The number of phenols is 2. The molecule has 0 aromatic heterocycles. The Hall–Kier alpha value is -1.71. The summed E-state index contributed by atoms with van der Waals surface area (Å²) in [7, 11) is 1.37. The van der Waals surface area contributed by atoms with Crippen LogP contribution in [0.2, 0.25) is 0 Å². The lowest BCUT2D eigenvalue weighted by Gasteiger charge is -2.25. The van der Waals surface area contributed by atoms with Crippen molar-refractivity contribution < 1.29 is 19.7 Å². The molecule has 0 saturated heterocycles. The Morgan fingerprint density at radius 1 is 1.35 bits per heavy atom. The van der Waals surface area contributed by atoms with Crippen molar-refractivity contribution in [3.8, 4) is 11.5 Å². The van der Waals surface area contributed by atoms with Crippen LogP contribution in [0, 0.1) is 5.41 Å². The summed E-state index contributed by atoms with van der Waals surface area (Å²) in [4.78, 5) is 11.7. The van der Waals surface area contributed by atoms with Gasteiger partial charge in [0.1, 0.15) is 0 Å². The Bertz CT molecular complexity index is 414. The summed E-state index contributed by atoms with van der Waals surface area (Å²) in [5.74, 6) is -0.608. The van der Waals surface area contributed by atoms with Crippen LogP contribution in [-0.4, -0.2) is 23.3 Å². The fraction of sp³-hybridized carbons (Fsp3) is 0.462. The molecule has 0 fully saturated rings. The lowest BCUT2D eigenvalue weighted by atomic mass is 9.81. The van der Waals surface area contributed by atoms with Gasteiger partial charge in [0.25, 0.3) is 0 Å². The van der Waals surface area contributed by atoms with E-state index in [4.69, 9.17) is 4.74 Å². The van der Waals surface area contributed by atoms with E-state index in [1.54, 1.807) is 6.07 Å². The summed E-state index contributed by atoms with van der Waals surface area (Å²) in [5.41, 5.74) is 0.174. The van der Waals surface area contributed by atoms with E-state index in [1.165, 1.54) is 19.2 Å². The molecule has 2 N–H and O–H groups in total. The molecule has 1 unspecified atom stereocenters. The van der Waals surface area contributed by atoms with Crippen molar-refractivity contribution in [1.29, 1.82) is 0 Å². The maximum atomic E-state index is 11.7. The normalized spacial score (nSPS) is 14.1. The highest BCUT2D eigenvalue weighted by Crippen LogP contribution is 2.31. The molecular weight excluding hydrogens is 220 g/mol. The lowest BCUT2D eigenvalue weighted by Crippen LogP contribution is -2.30. The number of hydrogen-bond acceptors (Lipinski definition) is 4. The first kappa shape index (κ1) is 13.4. The number of ether oxygens (including phenoxy) is 1. The van der Waals surface area contributed by atoms with Crippen LogP contribution in [0.3, 0.4) is 0 Å². The van der Waals surface area contributed by atoms with E-state index in [1.807, 2.05) is 13.8 Å². The number of carbonyl (C=O) groups excluding carboxylic acids is 1. The van der Waals surface area contributed by atoms with Gasteiger partial charge in [-0.2, -0.15) is 0 Å². The lowest BCUT2D eigenvalue weighted by molar-refractivity contribution is -0.151. The number of methoxy groups -OCH3 is 1. The molecule has 17 heavy (non-hydrogen) atoms. The molecule has 1 aromatic carbocycles. The molecule has 0 bridgehead atoms. The van der Waals surface area contributed by atoms with Crippen molar-refractivity contribution in [3.05, 3.63) is 23.8 Å². The maximum absolute atomic E-state index is 11.7. The van der Waals surface area contributed by atoms with Crippen molar-refractivity contribution >= 4 is 5.97 Å². The van der Waals surface area contributed by atoms with E-state index in [-0.39, 0.29) is 17.5 Å². The monoisotopic (exact) mass is 238 g/mol. The van der Waals surface area contributed by atoms with Crippen molar-refractivity contribution in [2.24, 2.45) is 5.41 Å². The molecule has 0 aliphatic heterocycles. The van der Waals surface area contributed by atoms with E-state index in [0.717, 1.165) is 5.56 Å². The standard InChI is InChI=1S/C13H18O4/c1-4-13(2,12(16)17-3)8-9-5-6-10(14)11(15)7-9/h5-7,14-15H,4,8H2,1-3H3. The summed E-state index contributed by atoms with van der Waals surface area (Å²) < 4.78 is 4.78. The Labute approximate surface area is 101 Å². The molecule has 94 valence electrons. The molecule has 1 aromatic rings. The highest BCUT2D eigenvalue weighted by Gasteiger charge is 2.32. The number of carbonyl (C=O) groups is 1. The fourth-order valence-electron chi connectivity index (χ4n) is 1.72. The van der Waals surface area contributed by atoms with Gasteiger partial charge in [-0.1, -0.05) is 13.0 Å². The quantitative estimate of drug-likeness (QED) is 0.623. The first-order valence-electron chi connectivity index (χ1n) is 5.52. The second kappa shape index (κ2) is 5.08. The first-order chi connectivity index (χ1) is 7.92. The molecule has 1 atom stereocenters. The van der Waals surface area contributed by atoms with Crippen LogP contribution < -0.4 is 0 Å². The summed E-state index contributed by atoms with van der Waals surface area (Å²) in [6, 6.07) is 4.57. The van der Waals surface area contributed by atoms with Crippen LogP contribution in [-0.2, 0) is 16.0 Å². The topological polar surface area (TPSA) is 66.8 Å². The highest BCUT2D eigenvalue weighted by atomic mass is 16.5. The highest BCUT2D eigenvalue weighted by molar-refractivity contribution is 5.76. The van der Waals surface area contributed by atoms with Crippen LogP contribution in [0.1, 0.15) is 25.8 Å². The largest absolute Gasteiger partial charge is 0.504 e. The van der Waals surface area contributed by atoms with Gasteiger partial charge < -0.3 is 14.9 Å². The molecular formula is C13H18O4. The van der Waals surface area contributed by atoms with Gasteiger partial charge in [0, 0.05) is 0 Å². The van der Waals surface area contributed by atoms with E-state index < -0.39 is 5.41 Å². The number of esters is 1. The molecule has 0 heterocycles. The first-order valence-corrected chi connectivity index (χ1v) is 5.52. The molecule has 0 radical (unpaired) electrons. The predicted octanol–water partition coefficient (Wildman–Crippen LogP) is 2.23. The Morgan fingerprint density at radius 2 is 2.00 bits per heavy atom. The van der Waals surface area contributed by atoms with Gasteiger partial charge in [-0.25, -0.2) is 0 Å². The molecule has 0 aliphatic carbocycles. The molecule has 4 heteroatoms. The Kier molecular flexibility index (Phi) is 3.99. The number of benzene rings is 1. The van der Waals surface area contributed by atoms with Gasteiger partial charge in [-0.3, -0.25) is 4.79 Å². The van der Waals surface area contributed by atoms with E-state index in [9.17, 15) is 15.0 Å². The van der Waals surface area contributed by atoms with E-state index >= 15 is 0 Å².